The third-order valence-electron chi connectivity index (χ3n) is 5.97. The molecule has 2 amide bonds. The Morgan fingerprint density at radius 2 is 1.90 bits per heavy atom. The lowest BCUT2D eigenvalue weighted by molar-refractivity contribution is -0.120. The second kappa shape index (κ2) is 7.02. The summed E-state index contributed by atoms with van der Waals surface area (Å²) in [5, 5.41) is 10.0. The number of hydrogen-bond acceptors (Lipinski definition) is 4. The smallest absolute Gasteiger partial charge is 0.272 e. The minimum absolute atomic E-state index is 0.0666. The Labute approximate surface area is 174 Å². The van der Waals surface area contributed by atoms with Crippen molar-refractivity contribution in [3.63, 3.8) is 0 Å². The summed E-state index contributed by atoms with van der Waals surface area (Å²) in [6.45, 7) is 0.0666. The van der Waals surface area contributed by atoms with E-state index in [4.69, 9.17) is 4.74 Å². The average molecular weight is 402 g/mol. The van der Waals surface area contributed by atoms with Gasteiger partial charge in [-0.2, -0.15) is 5.10 Å². The van der Waals surface area contributed by atoms with E-state index in [1.165, 1.54) is 10.5 Å². The number of carbonyl (C=O) groups is 2. The molecule has 1 aliphatic heterocycles. The Balaban J connectivity index is 1.33. The quantitative estimate of drug-likeness (QED) is 0.702. The normalized spacial score (nSPS) is 19.4. The summed E-state index contributed by atoms with van der Waals surface area (Å²) in [7, 11) is 1.68. The van der Waals surface area contributed by atoms with Gasteiger partial charge in [0.15, 0.2) is 0 Å². The van der Waals surface area contributed by atoms with Gasteiger partial charge in [0.2, 0.25) is 0 Å². The van der Waals surface area contributed by atoms with Gasteiger partial charge in [-0.3, -0.25) is 14.7 Å². The lowest BCUT2D eigenvalue weighted by Crippen LogP contribution is -2.49. The van der Waals surface area contributed by atoms with Crippen LogP contribution in [0.3, 0.4) is 0 Å². The largest absolute Gasteiger partial charge is 0.489 e. The third kappa shape index (κ3) is 3.03. The van der Waals surface area contributed by atoms with E-state index in [2.05, 4.69) is 27.6 Å². The molecule has 0 unspecified atom stereocenters. The minimum Gasteiger partial charge on any atom is -0.489 e. The van der Waals surface area contributed by atoms with Gasteiger partial charge < -0.3 is 15.0 Å². The number of ether oxygens (including phenoxy) is 1. The van der Waals surface area contributed by atoms with Crippen molar-refractivity contribution in [2.75, 3.05) is 18.6 Å². The predicted octanol–water partition coefficient (Wildman–Crippen LogP) is 2.64. The van der Waals surface area contributed by atoms with Crippen LogP contribution < -0.4 is 15.0 Å². The van der Waals surface area contributed by atoms with Gasteiger partial charge in [0, 0.05) is 18.2 Å². The molecule has 152 valence electrons. The number of benzene rings is 2. The molecule has 7 nitrogen and oxygen atoms in total. The Morgan fingerprint density at radius 3 is 2.67 bits per heavy atom. The number of amides is 2. The Morgan fingerprint density at radius 1 is 1.17 bits per heavy atom. The maximum absolute atomic E-state index is 12.8. The van der Waals surface area contributed by atoms with Crippen molar-refractivity contribution in [3.05, 3.63) is 77.6 Å². The highest BCUT2D eigenvalue weighted by Crippen LogP contribution is 2.52. The van der Waals surface area contributed by atoms with Crippen molar-refractivity contribution in [2.45, 2.75) is 24.3 Å². The summed E-state index contributed by atoms with van der Waals surface area (Å²) in [5.41, 5.74) is 2.99. The molecule has 0 spiro atoms. The Bertz CT molecular complexity index is 1100. The lowest BCUT2D eigenvalue weighted by atomic mass is 9.92. The van der Waals surface area contributed by atoms with Crippen molar-refractivity contribution in [3.8, 4) is 5.75 Å². The summed E-state index contributed by atoms with van der Waals surface area (Å²) in [5.74, 6) is -0.0135. The third-order valence-corrected chi connectivity index (χ3v) is 5.97. The molecular formula is C23H22N4O3. The topological polar surface area (TPSA) is 87.3 Å². The van der Waals surface area contributed by atoms with E-state index < -0.39 is 11.9 Å². The molecule has 0 saturated heterocycles. The van der Waals surface area contributed by atoms with Crippen LogP contribution in [-0.4, -0.2) is 41.7 Å². The first-order valence-corrected chi connectivity index (χ1v) is 10.0. The molecule has 0 radical (unpaired) electrons. The number of fused-ring (bicyclic) bond motifs is 1. The Hall–Kier alpha value is -3.61. The fourth-order valence-corrected chi connectivity index (χ4v) is 4.07. The monoisotopic (exact) mass is 402 g/mol. The molecule has 1 saturated carbocycles. The van der Waals surface area contributed by atoms with Gasteiger partial charge in [0.25, 0.3) is 11.8 Å². The number of anilines is 1. The summed E-state index contributed by atoms with van der Waals surface area (Å²) in [6, 6.07) is 18.5. The van der Waals surface area contributed by atoms with E-state index in [1.54, 1.807) is 13.1 Å². The fourth-order valence-electron chi connectivity index (χ4n) is 4.07. The Kier molecular flexibility index (Phi) is 4.31. The highest BCUT2D eigenvalue weighted by molar-refractivity contribution is 6.02. The van der Waals surface area contributed by atoms with E-state index in [9.17, 15) is 9.59 Å². The number of likely N-dealkylation sites (N-methyl/N-ethyl adjacent to an activating group) is 1. The molecule has 1 aliphatic carbocycles. The second-order valence-electron chi connectivity index (χ2n) is 7.82. The van der Waals surface area contributed by atoms with E-state index in [-0.39, 0.29) is 23.6 Å². The van der Waals surface area contributed by atoms with Crippen LogP contribution in [0.2, 0.25) is 0 Å². The summed E-state index contributed by atoms with van der Waals surface area (Å²) >= 11 is 0. The van der Waals surface area contributed by atoms with Gasteiger partial charge in [-0.05, 0) is 36.6 Å². The van der Waals surface area contributed by atoms with Crippen LogP contribution in [0.1, 0.15) is 34.6 Å². The number of nitrogens with zero attached hydrogens (tertiary/aromatic N) is 2. The van der Waals surface area contributed by atoms with Crippen molar-refractivity contribution < 1.29 is 14.3 Å². The zero-order valence-corrected chi connectivity index (χ0v) is 16.6. The molecule has 30 heavy (non-hydrogen) atoms. The van der Waals surface area contributed by atoms with E-state index in [0.717, 1.165) is 18.5 Å². The number of H-pyrrole nitrogens is 1. The van der Waals surface area contributed by atoms with Gasteiger partial charge in [-0.25, -0.2) is 0 Å². The van der Waals surface area contributed by atoms with Gasteiger partial charge in [-0.15, -0.1) is 0 Å². The second-order valence-corrected chi connectivity index (χ2v) is 7.82. The molecule has 2 heterocycles. The highest BCUT2D eigenvalue weighted by Gasteiger charge is 2.47. The average Bonchev–Trinajstić information content (AvgIpc) is 3.47. The number of rotatable bonds is 4. The van der Waals surface area contributed by atoms with E-state index in [0.29, 0.717) is 11.4 Å². The first-order chi connectivity index (χ1) is 14.6. The molecule has 3 aromatic rings. The van der Waals surface area contributed by atoms with Gasteiger partial charge >= 0.3 is 0 Å². The van der Waals surface area contributed by atoms with Crippen molar-refractivity contribution in [2.24, 2.45) is 0 Å². The van der Waals surface area contributed by atoms with Crippen LogP contribution in [0.15, 0.2) is 60.7 Å². The molecule has 7 heteroatoms. The SMILES string of the molecule is CN1C(=O)[C@@H](NC(=O)c2cc(C3(c4ccccc4)CC3)[nH]n2)COc2ccccc21. The molecule has 2 aliphatic rings. The first kappa shape index (κ1) is 18.4. The number of carbonyl (C=O) groups excluding carboxylic acids is 2. The summed E-state index contributed by atoms with van der Waals surface area (Å²) in [4.78, 5) is 27.2. The molecule has 0 bridgehead atoms. The van der Waals surface area contributed by atoms with Crippen LogP contribution in [-0.2, 0) is 10.2 Å². The van der Waals surface area contributed by atoms with Crippen molar-refractivity contribution in [1.29, 1.82) is 0 Å². The molecule has 2 N–H and O–H groups in total. The lowest BCUT2D eigenvalue weighted by Gasteiger charge is -2.20. The molecular weight excluding hydrogens is 380 g/mol. The van der Waals surface area contributed by atoms with Gasteiger partial charge in [0.1, 0.15) is 24.1 Å². The van der Waals surface area contributed by atoms with Crippen LogP contribution >= 0.6 is 0 Å². The van der Waals surface area contributed by atoms with E-state index in [1.807, 2.05) is 42.5 Å². The van der Waals surface area contributed by atoms with Crippen molar-refractivity contribution >= 4 is 17.5 Å². The maximum atomic E-state index is 12.8. The molecule has 1 fully saturated rings. The predicted molar refractivity (Wildman–Crippen MR) is 112 cm³/mol. The van der Waals surface area contributed by atoms with Crippen LogP contribution in [0.5, 0.6) is 5.75 Å². The molecule has 1 aromatic heterocycles. The number of aromatic amines is 1. The number of nitrogens with one attached hydrogen (secondary N) is 2. The molecule has 5 rings (SSSR count). The van der Waals surface area contributed by atoms with Crippen LogP contribution in [0, 0.1) is 0 Å². The maximum Gasteiger partial charge on any atom is 0.272 e. The number of aromatic nitrogens is 2. The van der Waals surface area contributed by atoms with Crippen LogP contribution in [0.25, 0.3) is 0 Å². The van der Waals surface area contributed by atoms with Crippen molar-refractivity contribution in [1.82, 2.24) is 15.5 Å². The zero-order chi connectivity index (χ0) is 20.7. The molecule has 1 atom stereocenters. The number of para-hydroxylation sites is 2. The summed E-state index contributed by atoms with van der Waals surface area (Å²) < 4.78 is 5.76. The highest BCUT2D eigenvalue weighted by atomic mass is 16.5. The summed E-state index contributed by atoms with van der Waals surface area (Å²) in [6.07, 6.45) is 2.02. The molecule has 2 aromatic carbocycles. The van der Waals surface area contributed by atoms with Crippen LogP contribution in [0.4, 0.5) is 5.69 Å². The standard InChI is InChI=1S/C23H22N4O3/c1-27-18-9-5-6-10-19(18)30-14-17(22(27)29)24-21(28)16-13-20(26-25-16)23(11-12-23)15-7-3-2-4-8-15/h2-10,13,17H,11-12,14H2,1H3,(H,24,28)(H,25,26)/t17-/m0/s1. The van der Waals surface area contributed by atoms with E-state index >= 15 is 0 Å². The minimum atomic E-state index is -0.793. The zero-order valence-electron chi connectivity index (χ0n) is 16.6. The first-order valence-electron chi connectivity index (χ1n) is 10.0. The van der Waals surface area contributed by atoms with Gasteiger partial charge in [-0.1, -0.05) is 42.5 Å². The number of hydrogen-bond donors (Lipinski definition) is 2. The van der Waals surface area contributed by atoms with Gasteiger partial charge in [0.05, 0.1) is 5.69 Å². The fraction of sp³-hybridized carbons (Fsp3) is 0.261.